The summed E-state index contributed by atoms with van der Waals surface area (Å²) in [5.74, 6) is 2.79. The Morgan fingerprint density at radius 1 is 0.424 bits per heavy atom. The van der Waals surface area contributed by atoms with Crippen molar-refractivity contribution in [2.24, 2.45) is 0 Å². The first-order chi connectivity index (χ1) is 15.2. The molecule has 0 N–H and O–H groups in total. The molecule has 174 valence electrons. The molecule has 33 heavy (non-hydrogen) atoms. The minimum absolute atomic E-state index is 0.270. The third-order valence-corrected chi connectivity index (χ3v) is 4.87. The molecule has 0 bridgehead atoms. The van der Waals surface area contributed by atoms with Crippen molar-refractivity contribution in [2.75, 3.05) is 0 Å². The van der Waals surface area contributed by atoms with Crippen molar-refractivity contribution in [2.45, 2.75) is 78.6 Å². The molecule has 4 rings (SSSR count). The monoisotopic (exact) mass is 450 g/mol. The zero-order valence-electron chi connectivity index (χ0n) is 20.6. The average Bonchev–Trinajstić information content (AvgIpc) is 3.46. The molecule has 0 amide bonds. The molecule has 0 spiro atoms. The molecular weight excluding hydrogens is 420 g/mol. The van der Waals surface area contributed by atoms with Crippen LogP contribution in [0.1, 0.15) is 80.0 Å². The molecule has 0 saturated carbocycles. The first-order valence-electron chi connectivity index (χ1n) is 10.9. The van der Waals surface area contributed by atoms with Crippen molar-refractivity contribution in [3.05, 3.63) is 35.9 Å². The van der Waals surface area contributed by atoms with Crippen LogP contribution in [-0.4, -0.2) is 30.6 Å². The van der Waals surface area contributed by atoms with Crippen LogP contribution in [0.2, 0.25) is 0 Å². The second-order valence-electron chi connectivity index (χ2n) is 11.3. The number of benzene rings is 1. The Morgan fingerprint density at radius 2 is 0.667 bits per heavy atom. The molecule has 9 nitrogen and oxygen atoms in total. The van der Waals surface area contributed by atoms with E-state index in [0.29, 0.717) is 52.0 Å². The highest BCUT2D eigenvalue weighted by molar-refractivity contribution is 5.73. The van der Waals surface area contributed by atoms with Crippen LogP contribution in [0.25, 0.3) is 34.4 Å². The van der Waals surface area contributed by atoms with Gasteiger partial charge in [-0.1, -0.05) is 62.3 Å². The van der Waals surface area contributed by atoms with Crippen LogP contribution in [0.3, 0.4) is 0 Å². The number of rotatable bonds is 3. The molecule has 0 saturated heterocycles. The zero-order valence-corrected chi connectivity index (χ0v) is 20.6. The molecule has 0 unspecified atom stereocenters. The van der Waals surface area contributed by atoms with Gasteiger partial charge in [0.2, 0.25) is 35.3 Å². The van der Waals surface area contributed by atoms with Crippen molar-refractivity contribution >= 4 is 0 Å². The van der Waals surface area contributed by atoms with Gasteiger partial charge in [0, 0.05) is 32.9 Å². The highest BCUT2D eigenvalue weighted by Gasteiger charge is 2.26. The lowest BCUT2D eigenvalue weighted by Gasteiger charge is -2.11. The molecular formula is C24H30N6O3. The third-order valence-electron chi connectivity index (χ3n) is 4.87. The smallest absolute Gasteiger partial charge is 0.247 e. The van der Waals surface area contributed by atoms with Gasteiger partial charge in [0.15, 0.2) is 0 Å². The molecule has 1 aromatic carbocycles. The quantitative estimate of drug-likeness (QED) is 0.385. The second kappa shape index (κ2) is 7.60. The summed E-state index contributed by atoms with van der Waals surface area (Å²) in [5.41, 5.74) is 1.26. The first-order valence-corrected chi connectivity index (χ1v) is 10.9. The van der Waals surface area contributed by atoms with Crippen molar-refractivity contribution in [3.8, 4) is 34.4 Å². The van der Waals surface area contributed by atoms with E-state index in [1.807, 2.05) is 80.5 Å². The van der Waals surface area contributed by atoms with Gasteiger partial charge >= 0.3 is 0 Å². The maximum Gasteiger partial charge on any atom is 0.247 e. The topological polar surface area (TPSA) is 117 Å². The second-order valence-corrected chi connectivity index (χ2v) is 11.3. The molecule has 9 heteroatoms. The maximum absolute atomic E-state index is 5.98. The fourth-order valence-corrected chi connectivity index (χ4v) is 2.93. The van der Waals surface area contributed by atoms with Crippen LogP contribution in [0.4, 0.5) is 0 Å². The Bertz CT molecular complexity index is 1110. The number of aromatic nitrogens is 6. The molecule has 4 aromatic rings. The summed E-state index contributed by atoms with van der Waals surface area (Å²) in [5, 5.41) is 25.5. The van der Waals surface area contributed by atoms with Crippen LogP contribution in [0, 0.1) is 0 Å². The summed E-state index contributed by atoms with van der Waals surface area (Å²) < 4.78 is 17.9. The molecule has 0 aliphatic carbocycles. The lowest BCUT2D eigenvalue weighted by Crippen LogP contribution is -2.11. The van der Waals surface area contributed by atoms with Gasteiger partial charge in [0.25, 0.3) is 0 Å². The van der Waals surface area contributed by atoms with Gasteiger partial charge in [-0.15, -0.1) is 30.6 Å². The van der Waals surface area contributed by atoms with Gasteiger partial charge in [-0.2, -0.15) is 0 Å². The van der Waals surface area contributed by atoms with Crippen molar-refractivity contribution in [1.82, 2.24) is 30.6 Å². The molecule has 3 heterocycles. The standard InChI is InChI=1S/C24H30N6O3/c1-22(2,3)19-28-25-16(31-19)13-10-14(17-26-29-20(32-17)23(4,5)6)12-15(11-13)18-27-30-21(33-18)24(7,8)9/h10-12H,1-9H3. The van der Waals surface area contributed by atoms with E-state index in [1.54, 1.807) is 0 Å². The van der Waals surface area contributed by atoms with Crippen LogP contribution in [0.15, 0.2) is 31.5 Å². The van der Waals surface area contributed by atoms with Gasteiger partial charge in [-0.05, 0) is 18.2 Å². The van der Waals surface area contributed by atoms with E-state index in [2.05, 4.69) is 30.6 Å². The summed E-state index contributed by atoms with van der Waals surface area (Å²) in [6, 6.07) is 5.64. The summed E-state index contributed by atoms with van der Waals surface area (Å²) in [6.07, 6.45) is 0. The minimum atomic E-state index is -0.270. The molecule has 0 aliphatic heterocycles. The first kappa shape index (κ1) is 22.8. The van der Waals surface area contributed by atoms with Crippen LogP contribution >= 0.6 is 0 Å². The van der Waals surface area contributed by atoms with E-state index in [0.717, 1.165) is 0 Å². The predicted octanol–water partition coefficient (Wildman–Crippen LogP) is 5.73. The van der Waals surface area contributed by atoms with Crippen molar-refractivity contribution in [3.63, 3.8) is 0 Å². The Kier molecular flexibility index (Phi) is 5.26. The predicted molar refractivity (Wildman–Crippen MR) is 122 cm³/mol. The molecule has 0 radical (unpaired) electrons. The molecule has 0 aliphatic rings. The van der Waals surface area contributed by atoms with Gasteiger partial charge in [-0.25, -0.2) is 0 Å². The Morgan fingerprint density at radius 3 is 0.848 bits per heavy atom. The average molecular weight is 451 g/mol. The molecule has 0 atom stereocenters. The van der Waals surface area contributed by atoms with E-state index < -0.39 is 0 Å². The third kappa shape index (κ3) is 4.72. The summed E-state index contributed by atoms with van der Waals surface area (Å²) >= 11 is 0. The van der Waals surface area contributed by atoms with E-state index in [9.17, 15) is 0 Å². The molecule has 0 fully saturated rings. The highest BCUT2D eigenvalue weighted by atomic mass is 16.4. The fourth-order valence-electron chi connectivity index (χ4n) is 2.93. The van der Waals surface area contributed by atoms with Gasteiger partial charge in [0.1, 0.15) is 0 Å². The van der Waals surface area contributed by atoms with E-state index in [-0.39, 0.29) is 16.2 Å². The van der Waals surface area contributed by atoms with E-state index in [4.69, 9.17) is 13.3 Å². The van der Waals surface area contributed by atoms with Gasteiger partial charge < -0.3 is 13.3 Å². The van der Waals surface area contributed by atoms with Crippen molar-refractivity contribution in [1.29, 1.82) is 0 Å². The fraction of sp³-hybridized carbons (Fsp3) is 0.500. The SMILES string of the molecule is CC(C)(C)c1nnc(-c2cc(-c3nnc(C(C)(C)C)o3)cc(-c3nnc(C(C)(C)C)o3)c2)o1. The lowest BCUT2D eigenvalue weighted by atomic mass is 9.97. The summed E-state index contributed by atoms with van der Waals surface area (Å²) in [7, 11) is 0. The summed E-state index contributed by atoms with van der Waals surface area (Å²) in [6.45, 7) is 18.2. The highest BCUT2D eigenvalue weighted by Crippen LogP contribution is 2.34. The Labute approximate surface area is 193 Å². The van der Waals surface area contributed by atoms with E-state index in [1.165, 1.54) is 0 Å². The van der Waals surface area contributed by atoms with Crippen molar-refractivity contribution < 1.29 is 13.3 Å². The Hall–Kier alpha value is -3.36. The number of hydrogen-bond donors (Lipinski definition) is 0. The molecule has 3 aromatic heterocycles. The summed E-state index contributed by atoms with van der Waals surface area (Å²) in [4.78, 5) is 0. The van der Waals surface area contributed by atoms with Gasteiger partial charge in [-0.3, -0.25) is 0 Å². The van der Waals surface area contributed by atoms with Crippen LogP contribution < -0.4 is 0 Å². The van der Waals surface area contributed by atoms with Crippen LogP contribution in [-0.2, 0) is 16.2 Å². The number of nitrogens with zero attached hydrogens (tertiary/aromatic N) is 6. The normalized spacial score (nSPS) is 13.0. The van der Waals surface area contributed by atoms with E-state index >= 15 is 0 Å². The minimum Gasteiger partial charge on any atom is -0.420 e. The zero-order chi connectivity index (χ0) is 24.2. The number of hydrogen-bond acceptors (Lipinski definition) is 9. The van der Waals surface area contributed by atoms with Gasteiger partial charge in [0.05, 0.1) is 0 Å². The lowest BCUT2D eigenvalue weighted by molar-refractivity contribution is 0.398. The maximum atomic E-state index is 5.98. The largest absolute Gasteiger partial charge is 0.420 e. The Balaban J connectivity index is 1.85. The van der Waals surface area contributed by atoms with Crippen LogP contribution in [0.5, 0.6) is 0 Å².